The van der Waals surface area contributed by atoms with Crippen LogP contribution >= 0.6 is 0 Å². The van der Waals surface area contributed by atoms with E-state index in [1.807, 2.05) is 0 Å². The van der Waals surface area contributed by atoms with Crippen molar-refractivity contribution in [3.63, 3.8) is 0 Å². The maximum Gasteiger partial charge on any atom is 0.317 e. The molecule has 2 saturated heterocycles. The highest BCUT2D eigenvalue weighted by Gasteiger charge is 2.57. The van der Waals surface area contributed by atoms with Crippen LogP contribution in [0.4, 0.5) is 0 Å². The molecular formula is C10H8O6. The van der Waals surface area contributed by atoms with Crippen LogP contribution in [0, 0.1) is 23.7 Å². The van der Waals surface area contributed by atoms with Gasteiger partial charge in [0.05, 0.1) is 23.7 Å². The Morgan fingerprint density at radius 1 is 0.625 bits per heavy atom. The van der Waals surface area contributed by atoms with Crippen LogP contribution in [-0.2, 0) is 28.7 Å². The molecule has 0 N–H and O–H groups in total. The van der Waals surface area contributed by atoms with Crippen molar-refractivity contribution in [2.75, 3.05) is 0 Å². The average Bonchev–Trinajstić information content (AvgIpc) is 2.67. The number of rotatable bonds is 0. The van der Waals surface area contributed by atoms with E-state index in [4.69, 9.17) is 0 Å². The molecule has 0 amide bonds. The maximum absolute atomic E-state index is 11.3. The summed E-state index contributed by atoms with van der Waals surface area (Å²) in [5.74, 6) is -4.64. The molecule has 4 atom stereocenters. The smallest absolute Gasteiger partial charge is 0.317 e. The molecule has 84 valence electrons. The number of cyclic esters (lactones) is 4. The van der Waals surface area contributed by atoms with Crippen LogP contribution in [0.25, 0.3) is 0 Å². The number of carbonyl (C=O) groups is 4. The lowest BCUT2D eigenvalue weighted by atomic mass is 9.70. The summed E-state index contributed by atoms with van der Waals surface area (Å²) < 4.78 is 9.01. The summed E-state index contributed by atoms with van der Waals surface area (Å²) in [5, 5.41) is 0. The second-order valence-electron chi connectivity index (χ2n) is 4.38. The highest BCUT2D eigenvalue weighted by molar-refractivity contribution is 6.01. The highest BCUT2D eigenvalue weighted by atomic mass is 16.6. The van der Waals surface area contributed by atoms with E-state index >= 15 is 0 Å². The van der Waals surface area contributed by atoms with Crippen molar-refractivity contribution in [2.24, 2.45) is 23.7 Å². The minimum atomic E-state index is -0.583. The van der Waals surface area contributed by atoms with Crippen LogP contribution in [-0.4, -0.2) is 23.9 Å². The van der Waals surface area contributed by atoms with Crippen molar-refractivity contribution in [3.05, 3.63) is 0 Å². The Morgan fingerprint density at radius 3 is 1.12 bits per heavy atom. The van der Waals surface area contributed by atoms with Gasteiger partial charge in [-0.2, -0.15) is 0 Å². The second kappa shape index (κ2) is 2.90. The molecule has 16 heavy (non-hydrogen) atoms. The van der Waals surface area contributed by atoms with Crippen molar-refractivity contribution >= 4 is 23.9 Å². The molecule has 6 heteroatoms. The number of carbonyl (C=O) groups excluding carboxylic acids is 4. The van der Waals surface area contributed by atoms with Gasteiger partial charge >= 0.3 is 23.9 Å². The minimum Gasteiger partial charge on any atom is -0.393 e. The highest BCUT2D eigenvalue weighted by Crippen LogP contribution is 2.45. The normalized spacial score (nSPS) is 41.5. The molecule has 0 radical (unpaired) electrons. The van der Waals surface area contributed by atoms with Crippen molar-refractivity contribution < 1.29 is 28.7 Å². The summed E-state index contributed by atoms with van der Waals surface area (Å²) in [5.41, 5.74) is 0. The first kappa shape index (κ1) is 9.50. The molecule has 3 rings (SSSR count). The molecule has 1 saturated carbocycles. The van der Waals surface area contributed by atoms with Crippen molar-refractivity contribution in [3.8, 4) is 0 Å². The molecule has 1 aliphatic carbocycles. The van der Waals surface area contributed by atoms with Crippen LogP contribution in [0.15, 0.2) is 0 Å². The fourth-order valence-electron chi connectivity index (χ4n) is 2.75. The van der Waals surface area contributed by atoms with Crippen LogP contribution < -0.4 is 0 Å². The molecule has 0 aromatic heterocycles. The zero-order valence-electron chi connectivity index (χ0n) is 8.17. The molecule has 2 heterocycles. The molecule has 0 bridgehead atoms. The molecular weight excluding hydrogens is 216 g/mol. The zero-order valence-corrected chi connectivity index (χ0v) is 8.17. The Kier molecular flexibility index (Phi) is 1.72. The van der Waals surface area contributed by atoms with E-state index in [2.05, 4.69) is 9.47 Å². The number of esters is 4. The summed E-state index contributed by atoms with van der Waals surface area (Å²) in [7, 11) is 0. The van der Waals surface area contributed by atoms with Crippen molar-refractivity contribution in [1.82, 2.24) is 0 Å². The summed E-state index contributed by atoms with van der Waals surface area (Å²) in [6.45, 7) is 0. The molecule has 0 spiro atoms. The van der Waals surface area contributed by atoms with Gasteiger partial charge in [-0.05, 0) is 12.8 Å². The Labute approximate surface area is 89.9 Å². The van der Waals surface area contributed by atoms with E-state index < -0.39 is 47.5 Å². The van der Waals surface area contributed by atoms with Gasteiger partial charge in [0, 0.05) is 0 Å². The van der Waals surface area contributed by atoms with Gasteiger partial charge in [0.2, 0.25) is 0 Å². The molecule has 3 aliphatic rings. The topological polar surface area (TPSA) is 86.7 Å². The van der Waals surface area contributed by atoms with E-state index in [0.717, 1.165) is 0 Å². The number of hydrogen-bond acceptors (Lipinski definition) is 6. The SMILES string of the molecule is O=C1OC(=O)C2C[C@@H]3C(=O)OC(=O)C3CC12. The predicted octanol–water partition coefficient (Wildman–Crippen LogP) is -0.588. The monoisotopic (exact) mass is 224 g/mol. The number of hydrogen-bond donors (Lipinski definition) is 0. The lowest BCUT2D eigenvalue weighted by Gasteiger charge is -2.25. The van der Waals surface area contributed by atoms with E-state index in [1.54, 1.807) is 0 Å². The van der Waals surface area contributed by atoms with Gasteiger partial charge in [0.25, 0.3) is 0 Å². The quantitative estimate of drug-likeness (QED) is 0.404. The predicted molar refractivity (Wildman–Crippen MR) is 45.4 cm³/mol. The van der Waals surface area contributed by atoms with Gasteiger partial charge < -0.3 is 9.47 Å². The van der Waals surface area contributed by atoms with Crippen molar-refractivity contribution in [2.45, 2.75) is 12.8 Å². The van der Waals surface area contributed by atoms with Gasteiger partial charge in [0.1, 0.15) is 0 Å². The third-order valence-corrected chi connectivity index (χ3v) is 3.60. The Hall–Kier alpha value is -1.72. The summed E-state index contributed by atoms with van der Waals surface area (Å²) in [6.07, 6.45) is 0.370. The lowest BCUT2D eigenvalue weighted by Crippen LogP contribution is -2.35. The minimum absolute atomic E-state index is 0.185. The maximum atomic E-state index is 11.3. The summed E-state index contributed by atoms with van der Waals surface area (Å²) in [6, 6.07) is 0. The molecule has 3 fully saturated rings. The third kappa shape index (κ3) is 1.07. The molecule has 0 aromatic carbocycles. The van der Waals surface area contributed by atoms with Gasteiger partial charge in [-0.25, -0.2) is 0 Å². The Bertz CT molecular complexity index is 349. The van der Waals surface area contributed by atoms with Crippen LogP contribution in [0.5, 0.6) is 0 Å². The molecule has 3 unspecified atom stereocenters. The fourth-order valence-corrected chi connectivity index (χ4v) is 2.75. The molecule has 6 nitrogen and oxygen atoms in total. The zero-order chi connectivity index (χ0) is 11.4. The first-order chi connectivity index (χ1) is 7.58. The fraction of sp³-hybridized carbons (Fsp3) is 0.600. The van der Waals surface area contributed by atoms with E-state index in [-0.39, 0.29) is 12.8 Å². The standard InChI is InChI=1S/C10H8O6/c11-7-3-1-4-6(10(14)16-8(4)12)2-5(3)9(13)15-7/h3-6H,1-2H2/t3-,4?,5?,6?/m0/s1. The average molecular weight is 224 g/mol. The van der Waals surface area contributed by atoms with Gasteiger partial charge in [-0.1, -0.05) is 0 Å². The van der Waals surface area contributed by atoms with Gasteiger partial charge in [-0.3, -0.25) is 19.2 Å². The third-order valence-electron chi connectivity index (χ3n) is 3.60. The van der Waals surface area contributed by atoms with E-state index in [9.17, 15) is 19.2 Å². The summed E-state index contributed by atoms with van der Waals surface area (Å²) >= 11 is 0. The summed E-state index contributed by atoms with van der Waals surface area (Å²) in [4.78, 5) is 45.3. The first-order valence-corrected chi connectivity index (χ1v) is 5.09. The van der Waals surface area contributed by atoms with E-state index in [0.29, 0.717) is 0 Å². The Balaban J connectivity index is 1.92. The van der Waals surface area contributed by atoms with E-state index in [1.165, 1.54) is 0 Å². The Morgan fingerprint density at radius 2 is 0.875 bits per heavy atom. The second-order valence-corrected chi connectivity index (χ2v) is 4.38. The van der Waals surface area contributed by atoms with Crippen LogP contribution in [0.1, 0.15) is 12.8 Å². The first-order valence-electron chi connectivity index (χ1n) is 5.09. The molecule has 0 aromatic rings. The van der Waals surface area contributed by atoms with Gasteiger partial charge in [0.15, 0.2) is 0 Å². The van der Waals surface area contributed by atoms with Gasteiger partial charge in [-0.15, -0.1) is 0 Å². The van der Waals surface area contributed by atoms with Crippen LogP contribution in [0.3, 0.4) is 0 Å². The number of ether oxygens (including phenoxy) is 2. The van der Waals surface area contributed by atoms with Crippen molar-refractivity contribution in [1.29, 1.82) is 0 Å². The largest absolute Gasteiger partial charge is 0.393 e. The number of fused-ring (bicyclic) bond motifs is 2. The lowest BCUT2D eigenvalue weighted by molar-refractivity contribution is -0.154. The van der Waals surface area contributed by atoms with Crippen LogP contribution in [0.2, 0.25) is 0 Å². The molecule has 2 aliphatic heterocycles.